The van der Waals surface area contributed by atoms with Crippen LogP contribution in [0.25, 0.3) is 0 Å². The molecule has 0 aliphatic carbocycles. The molecule has 0 aromatic rings. The van der Waals surface area contributed by atoms with Gasteiger partial charge in [-0.25, -0.2) is 9.59 Å². The lowest BCUT2D eigenvalue weighted by Gasteiger charge is -2.14. The summed E-state index contributed by atoms with van der Waals surface area (Å²) in [6, 6.07) is 0. The van der Waals surface area contributed by atoms with Gasteiger partial charge in [-0.15, -0.1) is 0 Å². The van der Waals surface area contributed by atoms with Crippen LogP contribution in [0.2, 0.25) is 0 Å². The molecule has 4 nitrogen and oxygen atoms in total. The van der Waals surface area contributed by atoms with Crippen molar-refractivity contribution < 1.29 is 19.1 Å². The second kappa shape index (κ2) is 3.57. The number of methoxy groups -OCH3 is 2. The Balaban J connectivity index is 4.44. The number of hydrogen-bond donors (Lipinski definition) is 0. The summed E-state index contributed by atoms with van der Waals surface area (Å²) in [7, 11) is 2.29. The molecular weight excluding hydrogens is 172 g/mol. The van der Waals surface area contributed by atoms with Gasteiger partial charge in [0.1, 0.15) is 0 Å². The fourth-order valence-electron chi connectivity index (χ4n) is 0.467. The number of hydrogen-bond acceptors (Lipinski definition) is 4. The molecule has 0 saturated carbocycles. The van der Waals surface area contributed by atoms with Crippen LogP contribution in [0.3, 0.4) is 0 Å². The normalized spacial score (nSPS) is 10.5. The zero-order valence-corrected chi connectivity index (χ0v) is 7.27. The van der Waals surface area contributed by atoms with E-state index in [4.69, 9.17) is 11.6 Å². The zero-order valence-electron chi connectivity index (χ0n) is 6.51. The first-order chi connectivity index (χ1) is 4.96. The molecule has 0 amide bonds. The highest BCUT2D eigenvalue weighted by molar-refractivity contribution is 6.44. The Hall–Kier alpha value is -0.770. The van der Waals surface area contributed by atoms with Crippen molar-refractivity contribution in [2.45, 2.75) is 11.8 Å². The van der Waals surface area contributed by atoms with Crippen molar-refractivity contribution in [1.29, 1.82) is 0 Å². The van der Waals surface area contributed by atoms with Crippen LogP contribution in [-0.4, -0.2) is 31.0 Å². The first kappa shape index (κ1) is 10.2. The van der Waals surface area contributed by atoms with Gasteiger partial charge in [-0.1, -0.05) is 11.6 Å². The summed E-state index contributed by atoms with van der Waals surface area (Å²) in [5.74, 6) is -1.66. The summed E-state index contributed by atoms with van der Waals surface area (Å²) in [6.45, 7) is 1.21. The van der Waals surface area contributed by atoms with E-state index in [9.17, 15) is 9.59 Å². The minimum Gasteiger partial charge on any atom is -0.467 e. The van der Waals surface area contributed by atoms with E-state index in [1.54, 1.807) is 0 Å². The van der Waals surface area contributed by atoms with Gasteiger partial charge in [0.15, 0.2) is 0 Å². The fourth-order valence-corrected chi connectivity index (χ4v) is 0.621. The Morgan fingerprint density at radius 2 is 1.45 bits per heavy atom. The zero-order chi connectivity index (χ0) is 9.07. The van der Waals surface area contributed by atoms with Gasteiger partial charge in [-0.3, -0.25) is 0 Å². The fraction of sp³-hybridized carbons (Fsp3) is 0.667. The molecule has 0 aromatic heterocycles. The third kappa shape index (κ3) is 2.08. The van der Waals surface area contributed by atoms with Crippen molar-refractivity contribution in [2.75, 3.05) is 14.2 Å². The van der Waals surface area contributed by atoms with Gasteiger partial charge >= 0.3 is 11.9 Å². The number of ether oxygens (including phenoxy) is 2. The lowest BCUT2D eigenvalue weighted by atomic mass is 10.2. The van der Waals surface area contributed by atoms with Crippen LogP contribution in [0.4, 0.5) is 0 Å². The minimum atomic E-state index is -1.73. The highest BCUT2D eigenvalue weighted by Gasteiger charge is 2.41. The quantitative estimate of drug-likeness (QED) is 0.349. The maximum absolute atomic E-state index is 10.8. The Bertz CT molecular complexity index is 157. The van der Waals surface area contributed by atoms with Crippen LogP contribution in [-0.2, 0) is 19.1 Å². The maximum atomic E-state index is 10.8. The maximum Gasteiger partial charge on any atom is 0.338 e. The first-order valence-electron chi connectivity index (χ1n) is 2.82. The Labute approximate surface area is 69.4 Å². The number of carbonyl (C=O) groups excluding carboxylic acids is 2. The molecule has 0 bridgehead atoms. The van der Waals surface area contributed by atoms with Crippen molar-refractivity contribution in [3.8, 4) is 0 Å². The molecule has 0 aliphatic rings. The van der Waals surface area contributed by atoms with E-state index in [1.165, 1.54) is 6.92 Å². The molecule has 11 heavy (non-hydrogen) atoms. The summed E-state index contributed by atoms with van der Waals surface area (Å²) in [5.41, 5.74) is 0. The summed E-state index contributed by atoms with van der Waals surface area (Å²) in [4.78, 5) is 19.8. The number of alkyl halides is 1. The summed E-state index contributed by atoms with van der Waals surface area (Å²) in [6.07, 6.45) is 0. The number of esters is 2. The number of halogens is 1. The average Bonchev–Trinajstić information content (AvgIpc) is 2.01. The second-order valence-electron chi connectivity index (χ2n) is 1.99. The van der Waals surface area contributed by atoms with Crippen LogP contribution >= 0.6 is 11.6 Å². The molecule has 0 aliphatic heterocycles. The smallest absolute Gasteiger partial charge is 0.338 e. The van der Waals surface area contributed by atoms with Gasteiger partial charge in [0.05, 0.1) is 14.2 Å². The van der Waals surface area contributed by atoms with Gasteiger partial charge in [-0.2, -0.15) is 0 Å². The minimum absolute atomic E-state index is 0.828. The van der Waals surface area contributed by atoms with E-state index < -0.39 is 16.8 Å². The predicted molar refractivity (Wildman–Crippen MR) is 38.3 cm³/mol. The highest BCUT2D eigenvalue weighted by atomic mass is 35.5. The summed E-state index contributed by atoms with van der Waals surface area (Å²) in [5, 5.41) is 0. The number of carbonyl (C=O) groups is 2. The topological polar surface area (TPSA) is 52.6 Å². The Morgan fingerprint density at radius 3 is 1.64 bits per heavy atom. The number of rotatable bonds is 2. The SMILES string of the molecule is COC(=O)C(C)(Cl)C(=O)OC. The summed E-state index contributed by atoms with van der Waals surface area (Å²) < 4.78 is 8.53. The Morgan fingerprint density at radius 1 is 1.18 bits per heavy atom. The van der Waals surface area contributed by atoms with Gasteiger partial charge in [0.2, 0.25) is 4.87 Å². The van der Waals surface area contributed by atoms with Crippen molar-refractivity contribution in [3.63, 3.8) is 0 Å². The summed E-state index contributed by atoms with van der Waals surface area (Å²) >= 11 is 5.49. The molecule has 0 spiro atoms. The van der Waals surface area contributed by atoms with E-state index in [1.807, 2.05) is 0 Å². The second-order valence-corrected chi connectivity index (χ2v) is 2.74. The van der Waals surface area contributed by atoms with Crippen molar-refractivity contribution in [3.05, 3.63) is 0 Å². The van der Waals surface area contributed by atoms with Gasteiger partial charge in [-0.05, 0) is 6.92 Å². The Kier molecular flexibility index (Phi) is 3.32. The first-order valence-corrected chi connectivity index (χ1v) is 3.20. The molecule has 0 unspecified atom stereocenters. The monoisotopic (exact) mass is 180 g/mol. The molecule has 0 aromatic carbocycles. The molecular formula is C6H9ClO4. The lowest BCUT2D eigenvalue weighted by Crippen LogP contribution is -2.39. The van der Waals surface area contributed by atoms with E-state index in [-0.39, 0.29) is 0 Å². The van der Waals surface area contributed by atoms with E-state index in [2.05, 4.69) is 9.47 Å². The van der Waals surface area contributed by atoms with Crippen LogP contribution in [0.1, 0.15) is 6.92 Å². The lowest BCUT2D eigenvalue weighted by molar-refractivity contribution is -0.155. The molecule has 0 fully saturated rings. The van der Waals surface area contributed by atoms with E-state index in [0.29, 0.717) is 0 Å². The molecule has 0 atom stereocenters. The van der Waals surface area contributed by atoms with Crippen molar-refractivity contribution in [1.82, 2.24) is 0 Å². The van der Waals surface area contributed by atoms with Crippen LogP contribution in [0, 0.1) is 0 Å². The predicted octanol–water partition coefficient (Wildman–Crippen LogP) is 0.330. The van der Waals surface area contributed by atoms with Gasteiger partial charge in [0.25, 0.3) is 0 Å². The van der Waals surface area contributed by atoms with Crippen LogP contribution in [0.5, 0.6) is 0 Å². The molecule has 0 N–H and O–H groups in total. The molecule has 0 rings (SSSR count). The standard InChI is InChI=1S/C6H9ClO4/c1-6(7,4(8)10-2)5(9)11-3/h1-3H3. The molecule has 0 saturated heterocycles. The highest BCUT2D eigenvalue weighted by Crippen LogP contribution is 2.17. The molecule has 0 heterocycles. The van der Waals surface area contributed by atoms with Crippen LogP contribution < -0.4 is 0 Å². The largest absolute Gasteiger partial charge is 0.467 e. The third-order valence-corrected chi connectivity index (χ3v) is 1.45. The molecule has 0 radical (unpaired) electrons. The van der Waals surface area contributed by atoms with E-state index >= 15 is 0 Å². The van der Waals surface area contributed by atoms with Crippen molar-refractivity contribution >= 4 is 23.5 Å². The third-order valence-electron chi connectivity index (χ3n) is 1.14. The van der Waals surface area contributed by atoms with Gasteiger partial charge in [0, 0.05) is 0 Å². The molecule has 64 valence electrons. The van der Waals surface area contributed by atoms with E-state index in [0.717, 1.165) is 14.2 Å². The van der Waals surface area contributed by atoms with Crippen molar-refractivity contribution in [2.24, 2.45) is 0 Å². The van der Waals surface area contributed by atoms with Crippen LogP contribution in [0.15, 0.2) is 0 Å². The van der Waals surface area contributed by atoms with Gasteiger partial charge < -0.3 is 9.47 Å². The molecule has 5 heteroatoms. The average molecular weight is 181 g/mol.